The number of hydrogen-bond donors (Lipinski definition) is 4. The highest BCUT2D eigenvalue weighted by Gasteiger charge is 2.40. The van der Waals surface area contributed by atoms with Crippen LogP contribution >= 0.6 is 23.2 Å². The Balaban J connectivity index is 1.80. The van der Waals surface area contributed by atoms with E-state index in [9.17, 15) is 24.6 Å². The van der Waals surface area contributed by atoms with Crippen molar-refractivity contribution in [2.45, 2.75) is 5.60 Å². The van der Waals surface area contributed by atoms with Gasteiger partial charge in [0.1, 0.15) is 5.76 Å². The molecule has 0 spiro atoms. The molecule has 0 aliphatic rings. The molecule has 0 heterocycles. The third kappa shape index (κ3) is 5.59. The second-order valence-corrected chi connectivity index (χ2v) is 7.77. The van der Waals surface area contributed by atoms with E-state index >= 15 is 0 Å². The topological polar surface area (TPSA) is 116 Å². The Labute approximate surface area is 199 Å². The molecule has 0 saturated heterocycles. The van der Waals surface area contributed by atoms with Crippen molar-refractivity contribution in [3.63, 3.8) is 0 Å². The van der Waals surface area contributed by atoms with Gasteiger partial charge in [0.15, 0.2) is 5.60 Å². The zero-order chi connectivity index (χ0) is 24.0. The fourth-order valence-electron chi connectivity index (χ4n) is 2.96. The number of amides is 2. The van der Waals surface area contributed by atoms with Gasteiger partial charge in [0.25, 0.3) is 5.91 Å². The van der Waals surface area contributed by atoms with E-state index in [1.54, 1.807) is 30.3 Å². The van der Waals surface area contributed by atoms with Crippen molar-refractivity contribution in [2.24, 2.45) is 0 Å². The average molecular weight is 485 g/mol. The molecule has 3 rings (SSSR count). The van der Waals surface area contributed by atoms with Crippen molar-refractivity contribution in [2.75, 3.05) is 0 Å². The number of rotatable bonds is 6. The Morgan fingerprint density at radius 2 is 1.24 bits per heavy atom. The van der Waals surface area contributed by atoms with Gasteiger partial charge in [-0.05, 0) is 35.4 Å². The molecule has 0 aromatic heterocycles. The number of carbonyl (C=O) groups excluding carboxylic acids is 3. The van der Waals surface area contributed by atoms with Crippen molar-refractivity contribution in [3.05, 3.63) is 112 Å². The predicted octanol–water partition coefficient (Wildman–Crippen LogP) is 3.54. The summed E-state index contributed by atoms with van der Waals surface area (Å²) in [6.45, 7) is 0. The number of halogens is 2. The highest BCUT2D eigenvalue weighted by Crippen LogP contribution is 2.31. The lowest BCUT2D eigenvalue weighted by Crippen LogP contribution is -2.53. The summed E-state index contributed by atoms with van der Waals surface area (Å²) in [5, 5.41) is 22.1. The maximum absolute atomic E-state index is 13.0. The lowest BCUT2D eigenvalue weighted by molar-refractivity contribution is -0.142. The molecule has 7 nitrogen and oxygen atoms in total. The Bertz CT molecular complexity index is 1150. The van der Waals surface area contributed by atoms with Gasteiger partial charge < -0.3 is 10.2 Å². The van der Waals surface area contributed by atoms with Gasteiger partial charge in [0, 0.05) is 21.7 Å². The van der Waals surface area contributed by atoms with Crippen LogP contribution in [0.4, 0.5) is 0 Å². The third-order valence-electron chi connectivity index (χ3n) is 4.70. The van der Waals surface area contributed by atoms with Crippen LogP contribution in [0.1, 0.15) is 16.7 Å². The van der Waals surface area contributed by atoms with Crippen molar-refractivity contribution < 1.29 is 24.6 Å². The Hall–Kier alpha value is -3.65. The molecule has 3 aromatic carbocycles. The SMILES string of the molecule is O=C(C=C(O)c1ccccc1)C(=O)NNC(=O)C(O)(c1ccc(Cl)cc1)c1ccc(Cl)cc1. The summed E-state index contributed by atoms with van der Waals surface area (Å²) in [4.78, 5) is 37.3. The highest BCUT2D eigenvalue weighted by atomic mass is 35.5. The Kier molecular flexibility index (Phi) is 7.50. The maximum Gasteiger partial charge on any atom is 0.310 e. The smallest absolute Gasteiger partial charge is 0.310 e. The van der Waals surface area contributed by atoms with E-state index in [0.717, 1.165) is 6.08 Å². The summed E-state index contributed by atoms with van der Waals surface area (Å²) in [5.74, 6) is -3.79. The number of aliphatic hydroxyl groups excluding tert-OH is 1. The molecule has 0 unspecified atom stereocenters. The van der Waals surface area contributed by atoms with Crippen LogP contribution in [0.2, 0.25) is 10.0 Å². The molecule has 0 saturated carbocycles. The van der Waals surface area contributed by atoms with Gasteiger partial charge in [-0.3, -0.25) is 25.2 Å². The van der Waals surface area contributed by atoms with Crippen LogP contribution < -0.4 is 10.9 Å². The molecule has 33 heavy (non-hydrogen) atoms. The minimum Gasteiger partial charge on any atom is -0.507 e. The van der Waals surface area contributed by atoms with Crippen molar-refractivity contribution in [1.82, 2.24) is 10.9 Å². The number of aliphatic hydroxyl groups is 2. The van der Waals surface area contributed by atoms with E-state index in [4.69, 9.17) is 23.2 Å². The summed E-state index contributed by atoms with van der Waals surface area (Å²) < 4.78 is 0. The predicted molar refractivity (Wildman–Crippen MR) is 124 cm³/mol. The van der Waals surface area contributed by atoms with E-state index in [-0.39, 0.29) is 11.1 Å². The molecular formula is C24H18Cl2N2O5. The number of ketones is 1. The monoisotopic (exact) mass is 484 g/mol. The van der Waals surface area contributed by atoms with Crippen LogP contribution in [0.3, 0.4) is 0 Å². The van der Waals surface area contributed by atoms with Gasteiger partial charge in [0.2, 0.25) is 5.78 Å². The first-order valence-electron chi connectivity index (χ1n) is 9.57. The molecule has 0 aliphatic heterocycles. The molecule has 0 atom stereocenters. The van der Waals surface area contributed by atoms with Crippen LogP contribution in [-0.4, -0.2) is 27.8 Å². The summed E-state index contributed by atoms with van der Waals surface area (Å²) in [6.07, 6.45) is 0.724. The average Bonchev–Trinajstić information content (AvgIpc) is 2.83. The Morgan fingerprint density at radius 1 is 0.758 bits per heavy atom. The van der Waals surface area contributed by atoms with E-state index in [2.05, 4.69) is 5.43 Å². The summed E-state index contributed by atoms with van der Waals surface area (Å²) >= 11 is 11.8. The molecule has 9 heteroatoms. The van der Waals surface area contributed by atoms with Crippen molar-refractivity contribution in [1.29, 1.82) is 0 Å². The molecule has 2 amide bonds. The molecule has 168 valence electrons. The lowest BCUT2D eigenvalue weighted by atomic mass is 9.85. The summed E-state index contributed by atoms with van der Waals surface area (Å²) in [5.41, 5.74) is 2.42. The maximum atomic E-state index is 13.0. The fraction of sp³-hybridized carbons (Fsp3) is 0.0417. The first-order chi connectivity index (χ1) is 15.7. The van der Waals surface area contributed by atoms with Gasteiger partial charge in [0.05, 0.1) is 0 Å². The molecule has 0 aliphatic carbocycles. The Morgan fingerprint density at radius 3 is 1.73 bits per heavy atom. The summed E-state index contributed by atoms with van der Waals surface area (Å²) in [6, 6.07) is 19.9. The standard InChI is InChI=1S/C24H18Cl2N2O5/c25-18-10-6-16(7-11-18)24(33,17-8-12-19(26)13-9-17)23(32)28-27-22(31)21(30)14-20(29)15-4-2-1-3-5-15/h1-14,29,33H,(H,27,31)(H,28,32). The normalized spacial score (nSPS) is 11.5. The van der Waals surface area contributed by atoms with E-state index in [0.29, 0.717) is 15.6 Å². The van der Waals surface area contributed by atoms with Crippen molar-refractivity contribution >= 4 is 46.6 Å². The quantitative estimate of drug-likeness (QED) is 0.185. The number of carbonyl (C=O) groups is 3. The van der Waals surface area contributed by atoms with Gasteiger partial charge in [-0.25, -0.2) is 0 Å². The largest absolute Gasteiger partial charge is 0.507 e. The lowest BCUT2D eigenvalue weighted by Gasteiger charge is -2.28. The minimum atomic E-state index is -2.24. The van der Waals surface area contributed by atoms with Crippen LogP contribution in [0.5, 0.6) is 0 Å². The van der Waals surface area contributed by atoms with Gasteiger partial charge >= 0.3 is 5.91 Å². The minimum absolute atomic E-state index is 0.161. The molecule has 0 bridgehead atoms. The first kappa shape index (κ1) is 24.0. The zero-order valence-corrected chi connectivity index (χ0v) is 18.5. The molecule has 3 aromatic rings. The van der Waals surface area contributed by atoms with Crippen LogP contribution in [0.15, 0.2) is 84.9 Å². The fourth-order valence-corrected chi connectivity index (χ4v) is 3.21. The number of nitrogens with one attached hydrogen (secondary N) is 2. The molecular weight excluding hydrogens is 467 g/mol. The van der Waals surface area contributed by atoms with E-state index in [1.807, 2.05) is 5.43 Å². The van der Waals surface area contributed by atoms with E-state index in [1.165, 1.54) is 48.5 Å². The highest BCUT2D eigenvalue weighted by molar-refractivity contribution is 6.41. The number of hydrogen-bond acceptors (Lipinski definition) is 5. The first-order valence-corrected chi connectivity index (χ1v) is 10.3. The number of benzene rings is 3. The van der Waals surface area contributed by atoms with Crippen molar-refractivity contribution in [3.8, 4) is 0 Å². The van der Waals surface area contributed by atoms with Gasteiger partial charge in [-0.15, -0.1) is 0 Å². The second-order valence-electron chi connectivity index (χ2n) is 6.89. The van der Waals surface area contributed by atoms with Crippen LogP contribution in [0, 0.1) is 0 Å². The van der Waals surface area contributed by atoms with Crippen LogP contribution in [-0.2, 0) is 20.0 Å². The number of hydrazine groups is 1. The van der Waals surface area contributed by atoms with Gasteiger partial charge in [-0.1, -0.05) is 77.8 Å². The molecule has 0 fully saturated rings. The van der Waals surface area contributed by atoms with Crippen LogP contribution in [0.25, 0.3) is 5.76 Å². The van der Waals surface area contributed by atoms with Gasteiger partial charge in [-0.2, -0.15) is 0 Å². The summed E-state index contributed by atoms with van der Waals surface area (Å²) in [7, 11) is 0. The molecule has 4 N–H and O–H groups in total. The zero-order valence-electron chi connectivity index (χ0n) is 17.0. The molecule has 0 radical (unpaired) electrons. The second kappa shape index (κ2) is 10.3. The van der Waals surface area contributed by atoms with E-state index < -0.39 is 29.0 Å². The third-order valence-corrected chi connectivity index (χ3v) is 5.21.